The van der Waals surface area contributed by atoms with Crippen molar-refractivity contribution in [2.75, 3.05) is 18.4 Å². The van der Waals surface area contributed by atoms with Crippen LogP contribution in [0.4, 0.5) is 5.69 Å². The topological polar surface area (TPSA) is 88.3 Å². The van der Waals surface area contributed by atoms with Crippen LogP contribution in [0.15, 0.2) is 87.5 Å². The highest BCUT2D eigenvalue weighted by atomic mass is 79.9. The Morgan fingerprint density at radius 1 is 1.08 bits per heavy atom. The van der Waals surface area contributed by atoms with Gasteiger partial charge in [-0.25, -0.2) is 9.97 Å². The molecule has 182 valence electrons. The quantitative estimate of drug-likeness (QED) is 0.285. The van der Waals surface area contributed by atoms with Crippen LogP contribution in [0, 0.1) is 0 Å². The number of piperidine rings is 1. The summed E-state index contributed by atoms with van der Waals surface area (Å²) >= 11 is 5.19. The van der Waals surface area contributed by atoms with E-state index in [2.05, 4.69) is 43.7 Å². The minimum Gasteiger partial charge on any atom is -0.444 e. The van der Waals surface area contributed by atoms with Crippen molar-refractivity contribution >= 4 is 44.8 Å². The first kappa shape index (κ1) is 24.1. The second-order valence-electron chi connectivity index (χ2n) is 8.45. The Balaban J connectivity index is 1.11. The molecule has 2 aromatic carbocycles. The van der Waals surface area contributed by atoms with Gasteiger partial charge in [0.05, 0.1) is 16.9 Å². The molecule has 0 atom stereocenters. The molecule has 0 radical (unpaired) electrons. The van der Waals surface area contributed by atoms with E-state index in [1.54, 1.807) is 34.6 Å². The van der Waals surface area contributed by atoms with Gasteiger partial charge in [0.15, 0.2) is 12.2 Å². The van der Waals surface area contributed by atoms with Crippen LogP contribution < -0.4 is 5.32 Å². The zero-order valence-corrected chi connectivity index (χ0v) is 21.7. The van der Waals surface area contributed by atoms with E-state index in [4.69, 9.17) is 9.40 Å². The number of nitrogens with zero attached hydrogens (tertiary/aromatic N) is 3. The van der Waals surface area contributed by atoms with Gasteiger partial charge in [-0.2, -0.15) is 0 Å². The zero-order valence-electron chi connectivity index (χ0n) is 19.3. The van der Waals surface area contributed by atoms with Gasteiger partial charge in [-0.15, -0.1) is 11.3 Å². The van der Waals surface area contributed by atoms with Crippen LogP contribution in [0.25, 0.3) is 22.6 Å². The number of anilines is 1. The Hall–Kier alpha value is -3.56. The average molecular weight is 563 g/mol. The number of nitrogens with one attached hydrogen (secondary N) is 1. The number of amides is 2. The Morgan fingerprint density at radius 2 is 1.89 bits per heavy atom. The molecule has 0 bridgehead atoms. The van der Waals surface area contributed by atoms with Crippen LogP contribution in [0.3, 0.4) is 0 Å². The van der Waals surface area contributed by atoms with Gasteiger partial charge in [-0.05, 0) is 49.2 Å². The Morgan fingerprint density at radius 3 is 2.61 bits per heavy atom. The fraction of sp³-hybridized carbons (Fsp3) is 0.185. The molecule has 0 aliphatic carbocycles. The minimum atomic E-state index is -0.353. The number of carbonyl (C=O) groups is 2. The van der Waals surface area contributed by atoms with Crippen LogP contribution in [0.2, 0.25) is 0 Å². The molecule has 1 saturated heterocycles. The van der Waals surface area contributed by atoms with Gasteiger partial charge in [-0.1, -0.05) is 28.1 Å². The SMILES string of the molecule is O=C(C=CC(=O)N1CCC(c2nc(-c3cccc(Br)c3)cs2)CC1)Nc1ccc(-c2cnco2)cc1. The van der Waals surface area contributed by atoms with Crippen LogP contribution in [-0.2, 0) is 9.59 Å². The van der Waals surface area contributed by atoms with Crippen molar-refractivity contribution in [2.45, 2.75) is 18.8 Å². The molecule has 2 aromatic heterocycles. The summed E-state index contributed by atoms with van der Waals surface area (Å²) < 4.78 is 6.29. The summed E-state index contributed by atoms with van der Waals surface area (Å²) in [6.07, 6.45) is 7.33. The molecular formula is C27H23BrN4O3S. The lowest BCUT2D eigenvalue weighted by Gasteiger charge is -2.30. The van der Waals surface area contributed by atoms with E-state index < -0.39 is 0 Å². The third-order valence-corrected chi connectivity index (χ3v) is 7.55. The number of aromatic nitrogens is 2. The summed E-state index contributed by atoms with van der Waals surface area (Å²) in [6, 6.07) is 15.3. The van der Waals surface area contributed by atoms with Crippen molar-refractivity contribution in [3.63, 3.8) is 0 Å². The number of hydrogen-bond acceptors (Lipinski definition) is 6. The molecule has 7 nitrogen and oxygen atoms in total. The summed E-state index contributed by atoms with van der Waals surface area (Å²) in [5, 5.41) is 5.98. The molecule has 2 amide bonds. The van der Waals surface area contributed by atoms with Crippen molar-refractivity contribution in [2.24, 2.45) is 0 Å². The smallest absolute Gasteiger partial charge is 0.248 e. The maximum Gasteiger partial charge on any atom is 0.248 e. The number of likely N-dealkylation sites (tertiary alicyclic amines) is 1. The maximum absolute atomic E-state index is 12.6. The molecule has 36 heavy (non-hydrogen) atoms. The molecule has 3 heterocycles. The molecule has 1 aliphatic heterocycles. The second kappa shape index (κ2) is 11.0. The highest BCUT2D eigenvalue weighted by Crippen LogP contribution is 2.33. The summed E-state index contributed by atoms with van der Waals surface area (Å²) in [5.41, 5.74) is 3.57. The first-order valence-corrected chi connectivity index (χ1v) is 13.2. The van der Waals surface area contributed by atoms with Crippen molar-refractivity contribution in [3.05, 3.63) is 88.1 Å². The first-order chi connectivity index (χ1) is 17.5. The van der Waals surface area contributed by atoms with Crippen molar-refractivity contribution in [1.29, 1.82) is 0 Å². The summed E-state index contributed by atoms with van der Waals surface area (Å²) in [5.74, 6) is 0.487. The van der Waals surface area contributed by atoms with Crippen LogP contribution in [0.1, 0.15) is 23.8 Å². The molecule has 0 unspecified atom stereocenters. The Bertz CT molecular complexity index is 1370. The number of oxazole rings is 1. The molecule has 1 fully saturated rings. The molecule has 5 rings (SSSR count). The van der Waals surface area contributed by atoms with E-state index in [9.17, 15) is 9.59 Å². The molecule has 9 heteroatoms. The second-order valence-corrected chi connectivity index (χ2v) is 10.3. The predicted octanol–water partition coefficient (Wildman–Crippen LogP) is 6.13. The van der Waals surface area contributed by atoms with E-state index in [1.165, 1.54) is 18.5 Å². The maximum atomic E-state index is 12.6. The molecule has 1 N–H and O–H groups in total. The van der Waals surface area contributed by atoms with Gasteiger partial charge in [0.2, 0.25) is 11.8 Å². The number of hydrogen-bond donors (Lipinski definition) is 1. The normalized spacial score (nSPS) is 14.3. The number of thiazole rings is 1. The molecule has 0 spiro atoms. The number of halogens is 1. The molecule has 0 saturated carbocycles. The van der Waals surface area contributed by atoms with Gasteiger partial charge < -0.3 is 14.6 Å². The van der Waals surface area contributed by atoms with Gasteiger partial charge in [0, 0.05) is 57.8 Å². The minimum absolute atomic E-state index is 0.154. The fourth-order valence-electron chi connectivity index (χ4n) is 4.11. The van der Waals surface area contributed by atoms with E-state index >= 15 is 0 Å². The number of benzene rings is 2. The lowest BCUT2D eigenvalue weighted by Crippen LogP contribution is -2.37. The highest BCUT2D eigenvalue weighted by molar-refractivity contribution is 9.10. The third-order valence-electron chi connectivity index (χ3n) is 6.04. The Labute approximate surface area is 221 Å². The summed E-state index contributed by atoms with van der Waals surface area (Å²) in [6.45, 7) is 1.29. The Kier molecular flexibility index (Phi) is 7.39. The highest BCUT2D eigenvalue weighted by Gasteiger charge is 2.25. The van der Waals surface area contributed by atoms with E-state index in [0.29, 0.717) is 30.5 Å². The number of carbonyl (C=O) groups excluding carboxylic acids is 2. The summed E-state index contributed by atoms with van der Waals surface area (Å²) in [4.78, 5) is 35.4. The number of rotatable bonds is 6. The van der Waals surface area contributed by atoms with Crippen LogP contribution >= 0.6 is 27.3 Å². The van der Waals surface area contributed by atoms with E-state index in [1.807, 2.05) is 24.3 Å². The van der Waals surface area contributed by atoms with E-state index in [0.717, 1.165) is 39.1 Å². The molecule has 1 aliphatic rings. The lowest BCUT2D eigenvalue weighted by molar-refractivity contribution is -0.127. The van der Waals surface area contributed by atoms with E-state index in [-0.39, 0.29) is 11.8 Å². The first-order valence-electron chi connectivity index (χ1n) is 11.5. The van der Waals surface area contributed by atoms with Gasteiger partial charge in [0.25, 0.3) is 0 Å². The van der Waals surface area contributed by atoms with Crippen molar-refractivity contribution in [1.82, 2.24) is 14.9 Å². The monoisotopic (exact) mass is 562 g/mol. The van der Waals surface area contributed by atoms with Crippen LogP contribution in [-0.4, -0.2) is 39.8 Å². The summed E-state index contributed by atoms with van der Waals surface area (Å²) in [7, 11) is 0. The zero-order chi connectivity index (χ0) is 24.9. The standard InChI is InChI=1S/C27H23BrN4O3S/c28-21-3-1-2-20(14-21)23-16-36-27(31-23)19-10-12-32(13-11-19)26(34)9-8-25(33)30-22-6-4-18(5-7-22)24-15-29-17-35-24/h1-9,14-17,19H,10-13H2,(H,30,33). The third kappa shape index (κ3) is 5.80. The molecule has 4 aromatic rings. The van der Waals surface area contributed by atoms with Gasteiger partial charge >= 0.3 is 0 Å². The van der Waals surface area contributed by atoms with Gasteiger partial charge in [0.1, 0.15) is 0 Å². The predicted molar refractivity (Wildman–Crippen MR) is 144 cm³/mol. The fourth-order valence-corrected chi connectivity index (χ4v) is 5.51. The van der Waals surface area contributed by atoms with Crippen LogP contribution in [0.5, 0.6) is 0 Å². The largest absolute Gasteiger partial charge is 0.444 e. The van der Waals surface area contributed by atoms with Gasteiger partial charge in [-0.3, -0.25) is 9.59 Å². The average Bonchev–Trinajstić information content (AvgIpc) is 3.61. The van der Waals surface area contributed by atoms with Crippen molar-refractivity contribution < 1.29 is 14.0 Å². The lowest BCUT2D eigenvalue weighted by atomic mass is 9.97. The van der Waals surface area contributed by atoms with Crippen molar-refractivity contribution in [3.8, 4) is 22.6 Å². The molecular weight excluding hydrogens is 540 g/mol.